The fourth-order valence-corrected chi connectivity index (χ4v) is 4.34. The first-order valence-electron chi connectivity index (χ1n) is 7.53. The maximum Gasteiger partial charge on any atom is 0.189 e. The lowest BCUT2D eigenvalue weighted by Gasteiger charge is -2.25. The monoisotopic (exact) mass is 532 g/mol. The molecule has 1 aliphatic rings. The summed E-state index contributed by atoms with van der Waals surface area (Å²) in [4.78, 5) is 11.9. The summed E-state index contributed by atoms with van der Waals surface area (Å²) in [5.41, 5.74) is 2.94. The molecule has 0 aromatic heterocycles. The lowest BCUT2D eigenvalue weighted by molar-refractivity contribution is -0.0170. The number of hydrogen-bond donors (Lipinski definition) is 1. The number of aromatic hydroxyl groups is 1. The van der Waals surface area contributed by atoms with E-state index < -0.39 is 4.83 Å². The van der Waals surface area contributed by atoms with Crippen molar-refractivity contribution in [1.29, 1.82) is 0 Å². The Kier molecular flexibility index (Phi) is 5.88. The van der Waals surface area contributed by atoms with Crippen molar-refractivity contribution in [3.63, 3.8) is 0 Å². The van der Waals surface area contributed by atoms with Crippen LogP contribution in [0, 0.1) is 6.92 Å². The van der Waals surface area contributed by atoms with Crippen LogP contribution in [-0.2, 0) is 11.3 Å². The number of phenols is 1. The van der Waals surface area contributed by atoms with E-state index >= 15 is 0 Å². The zero-order valence-electron chi connectivity index (χ0n) is 13.3. The number of phenolic OH excluding ortho intramolecular Hbond substituents is 1. The Morgan fingerprint density at radius 2 is 2.00 bits per heavy atom. The van der Waals surface area contributed by atoms with Gasteiger partial charge in [-0.2, -0.15) is 0 Å². The van der Waals surface area contributed by atoms with Gasteiger partial charge in [0.2, 0.25) is 0 Å². The number of fused-ring (bicyclic) bond motifs is 1. The van der Waals surface area contributed by atoms with Gasteiger partial charge in [-0.1, -0.05) is 53.9 Å². The third-order valence-electron chi connectivity index (χ3n) is 3.93. The SMILES string of the molecule is Cc1ccc(C(=O)[C@H](Br)[C@@H](Br)c2cc(Br)cc3c2OCOC3)c(O)c1. The summed E-state index contributed by atoms with van der Waals surface area (Å²) >= 11 is 10.6. The first kappa shape index (κ1) is 18.9. The highest BCUT2D eigenvalue weighted by molar-refractivity contribution is 9.12. The van der Waals surface area contributed by atoms with Crippen molar-refractivity contribution in [3.05, 3.63) is 57.1 Å². The first-order valence-corrected chi connectivity index (χ1v) is 10.2. The molecule has 3 rings (SSSR count). The van der Waals surface area contributed by atoms with Crippen LogP contribution in [0.5, 0.6) is 11.5 Å². The molecule has 1 heterocycles. The predicted molar refractivity (Wildman–Crippen MR) is 106 cm³/mol. The van der Waals surface area contributed by atoms with Gasteiger partial charge in [0.1, 0.15) is 11.5 Å². The Morgan fingerprint density at radius 3 is 2.72 bits per heavy atom. The predicted octanol–water partition coefficient (Wildman–Crippen LogP) is 5.41. The van der Waals surface area contributed by atoms with Crippen molar-refractivity contribution >= 4 is 53.6 Å². The van der Waals surface area contributed by atoms with E-state index in [0.717, 1.165) is 26.9 Å². The van der Waals surface area contributed by atoms with E-state index in [4.69, 9.17) is 9.47 Å². The fraction of sp³-hybridized carbons (Fsp3) is 0.278. The van der Waals surface area contributed by atoms with Crippen LogP contribution in [0.4, 0.5) is 0 Å². The number of Topliss-reactive ketones (excluding diaryl/α,β-unsaturated/α-hetero) is 1. The Labute approximate surface area is 170 Å². The van der Waals surface area contributed by atoms with Crippen LogP contribution < -0.4 is 4.74 Å². The van der Waals surface area contributed by atoms with Gasteiger partial charge in [0.15, 0.2) is 12.6 Å². The molecule has 1 aliphatic heterocycles. The second kappa shape index (κ2) is 7.78. The number of halogens is 3. The van der Waals surface area contributed by atoms with Gasteiger partial charge in [-0.25, -0.2) is 0 Å². The Hall–Kier alpha value is -0.890. The van der Waals surface area contributed by atoms with Crippen LogP contribution in [0.2, 0.25) is 0 Å². The third kappa shape index (κ3) is 3.94. The minimum atomic E-state index is -0.578. The Morgan fingerprint density at radius 1 is 1.24 bits per heavy atom. The number of ketones is 1. The van der Waals surface area contributed by atoms with Crippen molar-refractivity contribution in [1.82, 2.24) is 0 Å². The highest BCUT2D eigenvalue weighted by atomic mass is 79.9. The summed E-state index contributed by atoms with van der Waals surface area (Å²) in [7, 11) is 0. The van der Waals surface area contributed by atoms with E-state index in [2.05, 4.69) is 47.8 Å². The summed E-state index contributed by atoms with van der Waals surface area (Å²) in [6, 6.07) is 8.88. The molecule has 2 atom stereocenters. The molecule has 132 valence electrons. The first-order chi connectivity index (χ1) is 11.9. The minimum absolute atomic E-state index is 0.0185. The van der Waals surface area contributed by atoms with Gasteiger partial charge in [0.05, 0.1) is 21.8 Å². The van der Waals surface area contributed by atoms with Gasteiger partial charge in [-0.3, -0.25) is 4.79 Å². The van der Waals surface area contributed by atoms with E-state index in [1.807, 2.05) is 19.1 Å². The smallest absolute Gasteiger partial charge is 0.189 e. The second-order valence-electron chi connectivity index (χ2n) is 5.78. The second-order valence-corrected chi connectivity index (χ2v) is 8.67. The standard InChI is InChI=1S/C18H15Br3O4/c1-9-2-3-12(14(22)4-9)17(23)16(21)15(20)13-6-11(19)5-10-7-24-8-25-18(10)13/h2-6,15-16,22H,7-8H2,1H3/t15-,16+/m0/s1. The summed E-state index contributed by atoms with van der Waals surface area (Å²) in [5, 5.41) is 10.1. The molecule has 0 saturated carbocycles. The molecule has 0 saturated heterocycles. The van der Waals surface area contributed by atoms with Gasteiger partial charge in [0.25, 0.3) is 0 Å². The average Bonchev–Trinajstić information content (AvgIpc) is 2.59. The molecule has 0 spiro atoms. The molecule has 4 nitrogen and oxygen atoms in total. The molecule has 2 aromatic rings. The Balaban J connectivity index is 1.94. The molecule has 0 aliphatic carbocycles. The molecule has 0 fully saturated rings. The molecular weight excluding hydrogens is 520 g/mol. The van der Waals surface area contributed by atoms with Gasteiger partial charge < -0.3 is 14.6 Å². The third-order valence-corrected chi connectivity index (χ3v) is 7.06. The van der Waals surface area contributed by atoms with Gasteiger partial charge >= 0.3 is 0 Å². The average molecular weight is 535 g/mol. The van der Waals surface area contributed by atoms with E-state index in [9.17, 15) is 9.90 Å². The van der Waals surface area contributed by atoms with Crippen LogP contribution in [0.3, 0.4) is 0 Å². The van der Waals surface area contributed by atoms with Gasteiger partial charge in [-0.05, 0) is 36.8 Å². The molecule has 1 N–H and O–H groups in total. The van der Waals surface area contributed by atoms with Crippen LogP contribution in [-0.4, -0.2) is 22.5 Å². The van der Waals surface area contributed by atoms with Crippen LogP contribution in [0.15, 0.2) is 34.8 Å². The van der Waals surface area contributed by atoms with Crippen molar-refractivity contribution in [3.8, 4) is 11.5 Å². The number of rotatable bonds is 4. The van der Waals surface area contributed by atoms with Crippen molar-refractivity contribution in [2.75, 3.05) is 6.79 Å². The molecule has 0 unspecified atom stereocenters. The Bertz CT molecular complexity index is 822. The molecule has 0 amide bonds. The zero-order valence-corrected chi connectivity index (χ0v) is 18.0. The van der Waals surface area contributed by atoms with Gasteiger partial charge in [-0.15, -0.1) is 0 Å². The normalized spacial score (nSPS) is 15.8. The largest absolute Gasteiger partial charge is 0.507 e. The zero-order chi connectivity index (χ0) is 18.1. The molecule has 2 aromatic carbocycles. The lowest BCUT2D eigenvalue weighted by Crippen LogP contribution is -2.21. The highest BCUT2D eigenvalue weighted by Gasteiger charge is 2.31. The van der Waals surface area contributed by atoms with Crippen LogP contribution in [0.1, 0.15) is 31.9 Å². The quantitative estimate of drug-likeness (QED) is 0.421. The molecule has 25 heavy (non-hydrogen) atoms. The maximum absolute atomic E-state index is 12.8. The van der Waals surface area contributed by atoms with E-state index in [1.54, 1.807) is 18.2 Å². The summed E-state index contributed by atoms with van der Waals surface area (Å²) in [6.07, 6.45) is 0. The molecule has 7 heteroatoms. The number of hydrogen-bond acceptors (Lipinski definition) is 4. The maximum atomic E-state index is 12.8. The van der Waals surface area contributed by atoms with Crippen molar-refractivity contribution in [2.24, 2.45) is 0 Å². The molecular formula is C18H15Br3O4. The van der Waals surface area contributed by atoms with Crippen molar-refractivity contribution in [2.45, 2.75) is 23.2 Å². The number of benzene rings is 2. The number of carbonyl (C=O) groups excluding carboxylic acids is 1. The molecule has 0 bridgehead atoms. The topological polar surface area (TPSA) is 55.8 Å². The van der Waals surface area contributed by atoms with E-state index in [0.29, 0.717) is 6.61 Å². The summed E-state index contributed by atoms with van der Waals surface area (Å²) in [5.74, 6) is 0.497. The van der Waals surface area contributed by atoms with Crippen molar-refractivity contribution < 1.29 is 19.4 Å². The summed E-state index contributed by atoms with van der Waals surface area (Å²) in [6.45, 7) is 2.50. The minimum Gasteiger partial charge on any atom is -0.507 e. The molecule has 0 radical (unpaired) electrons. The van der Waals surface area contributed by atoms with Gasteiger partial charge in [0, 0.05) is 15.6 Å². The van der Waals surface area contributed by atoms with E-state index in [-0.39, 0.29) is 28.7 Å². The lowest BCUT2D eigenvalue weighted by atomic mass is 9.98. The number of aryl methyl sites for hydroxylation is 1. The van der Waals surface area contributed by atoms with Crippen LogP contribution in [0.25, 0.3) is 0 Å². The van der Waals surface area contributed by atoms with E-state index in [1.165, 1.54) is 0 Å². The number of alkyl halides is 2. The van der Waals surface area contributed by atoms with Crippen LogP contribution >= 0.6 is 47.8 Å². The summed E-state index contributed by atoms with van der Waals surface area (Å²) < 4.78 is 11.9. The highest BCUT2D eigenvalue weighted by Crippen LogP contribution is 2.43. The number of carbonyl (C=O) groups is 1. The fourth-order valence-electron chi connectivity index (χ4n) is 2.70. The number of ether oxygens (including phenoxy) is 2.